The fourth-order valence-corrected chi connectivity index (χ4v) is 5.65. The molecule has 7 nitrogen and oxygen atoms in total. The monoisotopic (exact) mass is 510 g/mol. The average molecular weight is 511 g/mol. The molecule has 0 amide bonds. The third-order valence-corrected chi connectivity index (χ3v) is 7.85. The Balaban J connectivity index is 1.69. The first-order valence-corrected chi connectivity index (χ1v) is 12.6. The van der Waals surface area contributed by atoms with Crippen LogP contribution in [-0.2, 0) is 10.0 Å². The van der Waals surface area contributed by atoms with Crippen molar-refractivity contribution in [3.63, 3.8) is 0 Å². The van der Waals surface area contributed by atoms with Gasteiger partial charge in [0, 0.05) is 12.1 Å². The first-order valence-electron chi connectivity index (χ1n) is 11.1. The molecular weight excluding hydrogens is 485 g/mol. The molecule has 0 bridgehead atoms. The first kappa shape index (κ1) is 25.1. The Morgan fingerprint density at radius 1 is 1.26 bits per heavy atom. The summed E-state index contributed by atoms with van der Waals surface area (Å²) in [6.07, 6.45) is 3.20. The maximum absolute atomic E-state index is 14.0. The van der Waals surface area contributed by atoms with Crippen LogP contribution >= 0.6 is 0 Å². The third-order valence-electron chi connectivity index (χ3n) is 6.41. The number of nitrogens with one attached hydrogen (secondary N) is 1. The molecule has 2 N–H and O–H groups in total. The Bertz CT molecular complexity index is 1290. The minimum Gasteiger partial charge on any atom is -0.492 e. The molecule has 1 fully saturated rings. The van der Waals surface area contributed by atoms with Crippen molar-refractivity contribution in [2.75, 3.05) is 31.0 Å². The molecule has 1 heterocycles. The van der Waals surface area contributed by atoms with Gasteiger partial charge in [-0.15, -0.1) is 0 Å². The van der Waals surface area contributed by atoms with E-state index in [9.17, 15) is 31.5 Å². The molecule has 1 saturated carbocycles. The maximum atomic E-state index is 14.0. The van der Waals surface area contributed by atoms with Gasteiger partial charge in [-0.05, 0) is 42.9 Å². The molecular formula is C24H25F3N2O5S. The van der Waals surface area contributed by atoms with Crippen molar-refractivity contribution in [1.29, 1.82) is 0 Å². The van der Waals surface area contributed by atoms with Gasteiger partial charge < -0.3 is 14.7 Å². The molecule has 2 aromatic carbocycles. The van der Waals surface area contributed by atoms with E-state index < -0.39 is 45.1 Å². The number of nitrogens with zero attached hydrogens (tertiary/aromatic N) is 1. The maximum Gasteiger partial charge on any atom is 0.341 e. The van der Waals surface area contributed by atoms with Crippen molar-refractivity contribution in [2.24, 2.45) is 5.92 Å². The van der Waals surface area contributed by atoms with Gasteiger partial charge in [0.25, 0.3) is 15.9 Å². The van der Waals surface area contributed by atoms with E-state index in [1.165, 1.54) is 12.1 Å². The summed E-state index contributed by atoms with van der Waals surface area (Å²) in [5.74, 6) is -7.61. The lowest BCUT2D eigenvalue weighted by Gasteiger charge is -2.20. The molecule has 11 heteroatoms. The van der Waals surface area contributed by atoms with Crippen molar-refractivity contribution in [2.45, 2.75) is 30.6 Å². The summed E-state index contributed by atoms with van der Waals surface area (Å²) in [4.78, 5) is 13.8. The molecule has 1 aliphatic heterocycles. The average Bonchev–Trinajstić information content (AvgIpc) is 3.37. The van der Waals surface area contributed by atoms with Crippen molar-refractivity contribution in [3.8, 4) is 5.75 Å². The van der Waals surface area contributed by atoms with Gasteiger partial charge in [0.1, 0.15) is 17.1 Å². The number of ether oxygens (including phenoxy) is 1. The molecule has 2 aromatic rings. The van der Waals surface area contributed by atoms with E-state index in [0.717, 1.165) is 37.4 Å². The van der Waals surface area contributed by atoms with Gasteiger partial charge in [0.15, 0.2) is 0 Å². The van der Waals surface area contributed by atoms with Crippen molar-refractivity contribution >= 4 is 27.8 Å². The summed E-state index contributed by atoms with van der Waals surface area (Å²) < 4.78 is 76.0. The zero-order chi connectivity index (χ0) is 25.5. The van der Waals surface area contributed by atoms with Gasteiger partial charge in [0.05, 0.1) is 29.0 Å². The second-order valence-corrected chi connectivity index (χ2v) is 10.1. The highest BCUT2D eigenvalue weighted by Crippen LogP contribution is 2.65. The number of carbonyl (C=O) groups is 1. The van der Waals surface area contributed by atoms with Crippen molar-refractivity contribution in [3.05, 3.63) is 58.9 Å². The fraction of sp³-hybridized carbons (Fsp3) is 0.375. The zero-order valence-corrected chi connectivity index (χ0v) is 19.9. The third kappa shape index (κ3) is 4.62. The number of hydrogen-bond donors (Lipinski definition) is 2. The summed E-state index contributed by atoms with van der Waals surface area (Å²) in [5, 5.41) is 9.76. The van der Waals surface area contributed by atoms with Crippen LogP contribution in [0.5, 0.6) is 5.75 Å². The number of hydrogen-bond acceptors (Lipinski definition) is 5. The van der Waals surface area contributed by atoms with Crippen LogP contribution in [0.15, 0.2) is 41.3 Å². The highest BCUT2D eigenvalue weighted by Gasteiger charge is 2.71. The predicted octanol–water partition coefficient (Wildman–Crippen LogP) is 4.42. The van der Waals surface area contributed by atoms with Crippen LogP contribution in [0.4, 0.5) is 18.9 Å². The Kier molecular flexibility index (Phi) is 6.58. The Hall–Kier alpha value is -3.05. The number of benzene rings is 2. The van der Waals surface area contributed by atoms with Gasteiger partial charge in [-0.3, -0.25) is 4.72 Å². The Labute approximate surface area is 201 Å². The van der Waals surface area contributed by atoms with Crippen LogP contribution < -0.4 is 9.46 Å². The molecule has 0 saturated heterocycles. The fourth-order valence-electron chi connectivity index (χ4n) is 4.40. The predicted molar refractivity (Wildman–Crippen MR) is 124 cm³/mol. The SMILES string of the molecule is CCN(CC)C/C=C\c1cc(F)ccc1S(=O)(=O)Nc1ccc2c(c1C(=O)O)OC[C@@H]1[C@H]2C1(F)F. The summed E-state index contributed by atoms with van der Waals surface area (Å²) in [6, 6.07) is 5.53. The number of sulfonamides is 1. The van der Waals surface area contributed by atoms with Crippen LogP contribution in [0.3, 0.4) is 0 Å². The van der Waals surface area contributed by atoms with E-state index in [4.69, 9.17) is 4.74 Å². The van der Waals surface area contributed by atoms with Gasteiger partial charge in [-0.2, -0.15) is 0 Å². The van der Waals surface area contributed by atoms with Crippen LogP contribution in [0.2, 0.25) is 0 Å². The van der Waals surface area contributed by atoms with Gasteiger partial charge >= 0.3 is 5.97 Å². The molecule has 1 aliphatic carbocycles. The summed E-state index contributed by atoms with van der Waals surface area (Å²) in [6.45, 7) is 5.68. The lowest BCUT2D eigenvalue weighted by atomic mass is 10.0. The van der Waals surface area contributed by atoms with Crippen molar-refractivity contribution in [1.82, 2.24) is 4.90 Å². The number of aromatic carboxylic acids is 1. The molecule has 188 valence electrons. The van der Waals surface area contributed by atoms with Crippen molar-refractivity contribution < 1.29 is 36.2 Å². The number of fused-ring (bicyclic) bond motifs is 3. The standard InChI is InChI=1S/C24H25F3N2O5S/c1-3-29(4-2)11-5-6-14-12-15(25)7-10-19(14)35(32,33)28-18-9-8-16-21-17(24(21,26)27)13-34-22(16)20(18)23(30)31/h5-10,12,17,21,28H,3-4,11,13H2,1-2H3,(H,30,31)/b6-5-/t17-,21+/m1/s1. The van der Waals surface area contributed by atoms with Crippen LogP contribution in [0.1, 0.15) is 41.3 Å². The minimum atomic E-state index is -4.38. The number of anilines is 1. The summed E-state index contributed by atoms with van der Waals surface area (Å²) in [5.41, 5.74) is -0.765. The van der Waals surface area contributed by atoms with E-state index in [0.29, 0.717) is 6.54 Å². The smallest absolute Gasteiger partial charge is 0.341 e. The molecule has 0 spiro atoms. The van der Waals surface area contributed by atoms with E-state index in [1.54, 1.807) is 6.08 Å². The number of alkyl halides is 2. The number of rotatable bonds is 9. The zero-order valence-electron chi connectivity index (χ0n) is 19.1. The minimum absolute atomic E-state index is 0.0356. The van der Waals surface area contributed by atoms with Gasteiger partial charge in [-0.1, -0.05) is 32.1 Å². The molecule has 2 atom stereocenters. The topological polar surface area (TPSA) is 95.9 Å². The molecule has 2 aliphatic rings. The Morgan fingerprint density at radius 2 is 1.97 bits per heavy atom. The van der Waals surface area contributed by atoms with E-state index >= 15 is 0 Å². The Morgan fingerprint density at radius 3 is 2.63 bits per heavy atom. The quantitative estimate of drug-likeness (QED) is 0.519. The number of carboxylic acids is 1. The molecule has 0 unspecified atom stereocenters. The normalized spacial score (nSPS) is 20.3. The lowest BCUT2D eigenvalue weighted by molar-refractivity contribution is 0.0691. The second-order valence-electron chi connectivity index (χ2n) is 8.46. The highest BCUT2D eigenvalue weighted by molar-refractivity contribution is 7.92. The summed E-state index contributed by atoms with van der Waals surface area (Å²) in [7, 11) is -4.38. The van der Waals surface area contributed by atoms with E-state index in [1.807, 2.05) is 13.8 Å². The van der Waals surface area contributed by atoms with Gasteiger partial charge in [0.2, 0.25) is 0 Å². The van der Waals surface area contributed by atoms with Gasteiger partial charge in [-0.25, -0.2) is 26.4 Å². The van der Waals surface area contributed by atoms with Crippen LogP contribution in [0.25, 0.3) is 6.08 Å². The second kappa shape index (κ2) is 9.19. The van der Waals surface area contributed by atoms with E-state index in [2.05, 4.69) is 9.62 Å². The van der Waals surface area contributed by atoms with E-state index in [-0.39, 0.29) is 34.1 Å². The molecule has 4 rings (SSSR count). The highest BCUT2D eigenvalue weighted by atomic mass is 32.2. The van der Waals surface area contributed by atoms with Crippen LogP contribution in [0, 0.1) is 11.7 Å². The lowest BCUT2D eigenvalue weighted by Crippen LogP contribution is -2.22. The first-order chi connectivity index (χ1) is 16.5. The van der Waals surface area contributed by atoms with Crippen LogP contribution in [-0.4, -0.2) is 56.6 Å². The number of carboxylic acid groups (broad SMARTS) is 1. The number of likely N-dealkylation sites (N-methyl/N-ethyl adjacent to an activating group) is 1. The molecule has 0 aromatic heterocycles. The summed E-state index contributed by atoms with van der Waals surface area (Å²) >= 11 is 0. The molecule has 35 heavy (non-hydrogen) atoms. The number of halogens is 3. The largest absolute Gasteiger partial charge is 0.492 e. The molecule has 0 radical (unpaired) electrons.